The first kappa shape index (κ1) is 15.4. The summed E-state index contributed by atoms with van der Waals surface area (Å²) in [5, 5.41) is -0.544. The van der Waals surface area contributed by atoms with Crippen molar-refractivity contribution in [1.82, 2.24) is 19.6 Å². The number of carbonyl (C=O) groups is 1. The molecule has 22 heavy (non-hydrogen) atoms. The molecule has 1 saturated carbocycles. The van der Waals surface area contributed by atoms with Gasteiger partial charge in [-0.15, -0.1) is 0 Å². The number of sulfonamides is 1. The molecule has 1 unspecified atom stereocenters. The van der Waals surface area contributed by atoms with Gasteiger partial charge in [0.05, 0.1) is 16.5 Å². The van der Waals surface area contributed by atoms with Crippen LogP contribution in [0.3, 0.4) is 0 Å². The lowest BCUT2D eigenvalue weighted by atomic mass is 10.1. The van der Waals surface area contributed by atoms with Crippen molar-refractivity contribution in [1.29, 1.82) is 0 Å². The number of nitrogens with one attached hydrogen (secondary N) is 1. The third kappa shape index (κ3) is 2.85. The van der Waals surface area contributed by atoms with Crippen molar-refractivity contribution >= 4 is 15.9 Å². The molecule has 1 saturated heterocycles. The van der Waals surface area contributed by atoms with Gasteiger partial charge in [0.2, 0.25) is 10.0 Å². The fraction of sp³-hybridized carbons (Fsp3) is 0.643. The number of hydrogen-bond acceptors (Lipinski definition) is 5. The maximum atomic E-state index is 12.7. The lowest BCUT2D eigenvalue weighted by molar-refractivity contribution is 0.0791. The molecular weight excluding hydrogens is 304 g/mol. The zero-order valence-corrected chi connectivity index (χ0v) is 13.6. The molecule has 1 amide bonds. The van der Waals surface area contributed by atoms with Gasteiger partial charge in [0, 0.05) is 25.2 Å². The number of rotatable bonds is 4. The number of likely N-dealkylation sites (tertiary alicyclic amines) is 1. The summed E-state index contributed by atoms with van der Waals surface area (Å²) in [5.41, 5.74) is 1.34. The molecule has 0 spiro atoms. The zero-order valence-electron chi connectivity index (χ0n) is 12.7. The van der Waals surface area contributed by atoms with Gasteiger partial charge in [0.25, 0.3) is 5.91 Å². The topological polar surface area (TPSA) is 92.3 Å². The highest BCUT2D eigenvalue weighted by molar-refractivity contribution is 7.90. The van der Waals surface area contributed by atoms with Crippen LogP contribution in [0.25, 0.3) is 0 Å². The zero-order chi connectivity index (χ0) is 15.9. The van der Waals surface area contributed by atoms with E-state index in [1.165, 1.54) is 7.05 Å². The molecule has 3 rings (SSSR count). The molecule has 8 heteroatoms. The Morgan fingerprint density at radius 1 is 1.36 bits per heavy atom. The smallest absolute Gasteiger partial charge is 0.257 e. The Morgan fingerprint density at radius 3 is 2.73 bits per heavy atom. The van der Waals surface area contributed by atoms with Gasteiger partial charge < -0.3 is 4.90 Å². The molecule has 7 nitrogen and oxygen atoms in total. The lowest BCUT2D eigenvalue weighted by Crippen LogP contribution is -2.36. The van der Waals surface area contributed by atoms with Gasteiger partial charge in [-0.2, -0.15) is 0 Å². The van der Waals surface area contributed by atoms with E-state index in [-0.39, 0.29) is 12.5 Å². The fourth-order valence-corrected chi connectivity index (χ4v) is 3.95. The largest absolute Gasteiger partial charge is 0.337 e. The standard InChI is InChI=1S/C14H20N4O3S/c1-9-16-7-12(13(17-9)10-3-4-10)14(19)18-6-5-11(8-18)22(20,21)15-2/h7,10-11,15H,3-6,8H2,1-2H3. The fourth-order valence-electron chi connectivity index (χ4n) is 2.82. The van der Waals surface area contributed by atoms with Crippen molar-refractivity contribution in [2.75, 3.05) is 20.1 Å². The second-order valence-corrected chi connectivity index (χ2v) is 8.07. The first-order chi connectivity index (χ1) is 10.4. The number of amides is 1. The molecular formula is C14H20N4O3S. The highest BCUT2D eigenvalue weighted by Gasteiger charge is 2.37. The first-order valence-electron chi connectivity index (χ1n) is 7.47. The first-order valence-corrected chi connectivity index (χ1v) is 9.02. The van der Waals surface area contributed by atoms with Crippen molar-refractivity contribution in [3.05, 3.63) is 23.3 Å². The number of aryl methyl sites for hydroxylation is 1. The van der Waals surface area contributed by atoms with Gasteiger partial charge in [-0.25, -0.2) is 23.1 Å². The highest BCUT2D eigenvalue weighted by atomic mass is 32.2. The van der Waals surface area contributed by atoms with Crippen LogP contribution in [0.15, 0.2) is 6.20 Å². The van der Waals surface area contributed by atoms with Crippen LogP contribution >= 0.6 is 0 Å². The maximum absolute atomic E-state index is 12.7. The molecule has 0 bridgehead atoms. The Morgan fingerprint density at radius 2 is 2.09 bits per heavy atom. The number of carbonyl (C=O) groups excluding carboxylic acids is 1. The molecule has 0 aromatic carbocycles. The van der Waals surface area contributed by atoms with Gasteiger partial charge in [-0.05, 0) is 33.2 Å². The Hall–Kier alpha value is -1.54. The SMILES string of the molecule is CNS(=O)(=O)C1CCN(C(=O)c2cnc(C)nc2C2CC2)C1. The van der Waals surface area contributed by atoms with E-state index in [2.05, 4.69) is 14.7 Å². The lowest BCUT2D eigenvalue weighted by Gasteiger charge is -2.18. The van der Waals surface area contributed by atoms with Crippen LogP contribution in [-0.2, 0) is 10.0 Å². The summed E-state index contributed by atoms with van der Waals surface area (Å²) in [6.07, 6.45) is 4.14. The van der Waals surface area contributed by atoms with Crippen molar-refractivity contribution in [2.24, 2.45) is 0 Å². The summed E-state index contributed by atoms with van der Waals surface area (Å²) in [6.45, 7) is 2.48. The van der Waals surface area contributed by atoms with Gasteiger partial charge in [-0.1, -0.05) is 0 Å². The summed E-state index contributed by atoms with van der Waals surface area (Å²) in [7, 11) is -1.94. The predicted octanol–water partition coefficient (Wildman–Crippen LogP) is 0.426. The predicted molar refractivity (Wildman–Crippen MR) is 81.0 cm³/mol. The van der Waals surface area contributed by atoms with Gasteiger partial charge in [0.15, 0.2) is 0 Å². The number of hydrogen-bond donors (Lipinski definition) is 1. The summed E-state index contributed by atoms with van der Waals surface area (Å²) < 4.78 is 26.1. The molecule has 0 radical (unpaired) electrons. The van der Waals surface area contributed by atoms with E-state index in [0.29, 0.717) is 30.3 Å². The highest BCUT2D eigenvalue weighted by Crippen LogP contribution is 2.40. The van der Waals surface area contributed by atoms with Crippen molar-refractivity contribution in [2.45, 2.75) is 37.4 Å². The van der Waals surface area contributed by atoms with Crippen molar-refractivity contribution in [3.63, 3.8) is 0 Å². The quantitative estimate of drug-likeness (QED) is 0.867. The van der Waals surface area contributed by atoms with Gasteiger partial charge in [0.1, 0.15) is 5.82 Å². The average molecular weight is 324 g/mol. The summed E-state index contributed by atoms with van der Waals surface area (Å²) in [4.78, 5) is 22.9. The van der Waals surface area contributed by atoms with Gasteiger partial charge in [-0.3, -0.25) is 4.79 Å². The average Bonchev–Trinajstić information content (AvgIpc) is 3.22. The van der Waals surface area contributed by atoms with E-state index >= 15 is 0 Å². The number of aromatic nitrogens is 2. The maximum Gasteiger partial charge on any atom is 0.257 e. The van der Waals surface area contributed by atoms with Crippen molar-refractivity contribution in [3.8, 4) is 0 Å². The summed E-state index contributed by atoms with van der Waals surface area (Å²) in [5.74, 6) is 0.853. The van der Waals surface area contributed by atoms with Crippen LogP contribution in [0.4, 0.5) is 0 Å². The second-order valence-electron chi connectivity index (χ2n) is 5.90. The van der Waals surface area contributed by atoms with Gasteiger partial charge >= 0.3 is 0 Å². The molecule has 2 aliphatic rings. The Balaban J connectivity index is 1.81. The Labute approximate surface area is 130 Å². The normalized spacial score (nSPS) is 22.1. The van der Waals surface area contributed by atoms with Crippen LogP contribution in [0.5, 0.6) is 0 Å². The Bertz CT molecular complexity index is 700. The van der Waals surface area contributed by atoms with E-state index in [1.54, 1.807) is 11.1 Å². The molecule has 1 N–H and O–H groups in total. The van der Waals surface area contributed by atoms with E-state index in [9.17, 15) is 13.2 Å². The summed E-state index contributed by atoms with van der Waals surface area (Å²) >= 11 is 0. The monoisotopic (exact) mass is 324 g/mol. The van der Waals surface area contributed by atoms with E-state index in [0.717, 1.165) is 18.5 Å². The third-order valence-electron chi connectivity index (χ3n) is 4.29. The number of nitrogens with zero attached hydrogens (tertiary/aromatic N) is 3. The minimum absolute atomic E-state index is 0.157. The molecule has 1 aromatic rings. The van der Waals surface area contributed by atoms with E-state index in [4.69, 9.17) is 0 Å². The molecule has 1 aliphatic heterocycles. The van der Waals surface area contributed by atoms with E-state index in [1.807, 2.05) is 6.92 Å². The minimum atomic E-state index is -3.34. The minimum Gasteiger partial charge on any atom is -0.337 e. The van der Waals surface area contributed by atoms with Crippen LogP contribution in [0.2, 0.25) is 0 Å². The van der Waals surface area contributed by atoms with Crippen LogP contribution in [-0.4, -0.2) is 54.6 Å². The molecule has 2 heterocycles. The van der Waals surface area contributed by atoms with Crippen LogP contribution in [0, 0.1) is 6.92 Å². The second kappa shape index (κ2) is 5.58. The Kier molecular flexibility index (Phi) is 3.90. The molecule has 1 aliphatic carbocycles. The molecule has 1 aromatic heterocycles. The molecule has 120 valence electrons. The van der Waals surface area contributed by atoms with Crippen LogP contribution in [0.1, 0.15) is 47.1 Å². The van der Waals surface area contributed by atoms with E-state index < -0.39 is 15.3 Å². The van der Waals surface area contributed by atoms with Crippen molar-refractivity contribution < 1.29 is 13.2 Å². The van der Waals surface area contributed by atoms with Crippen LogP contribution < -0.4 is 4.72 Å². The molecule has 2 fully saturated rings. The molecule has 1 atom stereocenters. The summed E-state index contributed by atoms with van der Waals surface area (Å²) in [6, 6.07) is 0. The third-order valence-corrected chi connectivity index (χ3v) is 6.12.